The highest BCUT2D eigenvalue weighted by Crippen LogP contribution is 2.17. The van der Waals surface area contributed by atoms with Crippen LogP contribution in [0.4, 0.5) is 0 Å². The predicted octanol–water partition coefficient (Wildman–Crippen LogP) is 1.46. The van der Waals surface area contributed by atoms with Gasteiger partial charge in [0.2, 0.25) is 5.91 Å². The van der Waals surface area contributed by atoms with E-state index < -0.39 is 0 Å². The van der Waals surface area contributed by atoms with Gasteiger partial charge in [0.1, 0.15) is 5.69 Å². The van der Waals surface area contributed by atoms with Gasteiger partial charge in [-0.25, -0.2) is 0 Å². The van der Waals surface area contributed by atoms with Crippen molar-refractivity contribution in [3.05, 3.63) is 52.3 Å². The first-order chi connectivity index (χ1) is 12.9. The second-order valence-electron chi connectivity index (χ2n) is 6.73. The van der Waals surface area contributed by atoms with Crippen molar-refractivity contribution in [3.8, 4) is 0 Å². The quantitative estimate of drug-likeness (QED) is 0.840. The molecule has 0 unspecified atom stereocenters. The van der Waals surface area contributed by atoms with Crippen LogP contribution in [0.2, 0.25) is 5.02 Å². The summed E-state index contributed by atoms with van der Waals surface area (Å²) in [5, 5.41) is 7.54. The van der Waals surface area contributed by atoms with Crippen LogP contribution in [-0.4, -0.2) is 64.1 Å². The van der Waals surface area contributed by atoms with Gasteiger partial charge in [0.25, 0.3) is 5.91 Å². The summed E-state index contributed by atoms with van der Waals surface area (Å²) in [5.41, 5.74) is 2.31. The molecule has 0 saturated carbocycles. The fraction of sp³-hybridized carbons (Fsp3) is 0.421. The van der Waals surface area contributed by atoms with E-state index >= 15 is 0 Å². The molecule has 3 rings (SSSR count). The summed E-state index contributed by atoms with van der Waals surface area (Å²) in [5.74, 6) is -0.405. The van der Waals surface area contributed by atoms with Gasteiger partial charge in [0.05, 0.1) is 6.54 Å². The minimum atomic E-state index is -0.329. The molecule has 1 aliphatic heterocycles. The SMILES string of the molecule is Cc1cc(C(=O)NCC(=O)N2CCN(Cc3ccccc3Cl)CC2)nn1C. The molecular formula is C19H24ClN5O2. The largest absolute Gasteiger partial charge is 0.342 e. The molecule has 2 amide bonds. The van der Waals surface area contributed by atoms with E-state index in [0.29, 0.717) is 18.8 Å². The van der Waals surface area contributed by atoms with E-state index in [-0.39, 0.29) is 18.4 Å². The first-order valence-corrected chi connectivity index (χ1v) is 9.34. The lowest BCUT2D eigenvalue weighted by molar-refractivity contribution is -0.131. The number of nitrogens with one attached hydrogen (secondary N) is 1. The third-order valence-electron chi connectivity index (χ3n) is 4.82. The molecule has 1 aliphatic rings. The second kappa shape index (κ2) is 8.54. The number of amides is 2. The third-order valence-corrected chi connectivity index (χ3v) is 5.19. The molecule has 0 bridgehead atoms. The lowest BCUT2D eigenvalue weighted by atomic mass is 10.2. The van der Waals surface area contributed by atoms with Crippen molar-refractivity contribution in [2.45, 2.75) is 13.5 Å². The zero-order valence-corrected chi connectivity index (χ0v) is 16.4. The highest BCUT2D eigenvalue weighted by molar-refractivity contribution is 6.31. The average Bonchev–Trinajstić information content (AvgIpc) is 3.01. The van der Waals surface area contributed by atoms with Crippen molar-refractivity contribution in [2.75, 3.05) is 32.7 Å². The van der Waals surface area contributed by atoms with Crippen LogP contribution in [0, 0.1) is 6.92 Å². The molecule has 1 fully saturated rings. The lowest BCUT2D eigenvalue weighted by Gasteiger charge is -2.35. The predicted molar refractivity (Wildman–Crippen MR) is 104 cm³/mol. The normalized spacial score (nSPS) is 15.0. The van der Waals surface area contributed by atoms with Gasteiger partial charge < -0.3 is 10.2 Å². The van der Waals surface area contributed by atoms with Crippen molar-refractivity contribution in [1.29, 1.82) is 0 Å². The highest BCUT2D eigenvalue weighted by atomic mass is 35.5. The maximum Gasteiger partial charge on any atom is 0.272 e. The van der Waals surface area contributed by atoms with E-state index in [1.807, 2.05) is 31.2 Å². The van der Waals surface area contributed by atoms with Crippen LogP contribution in [0.3, 0.4) is 0 Å². The van der Waals surface area contributed by atoms with Gasteiger partial charge in [-0.3, -0.25) is 19.2 Å². The monoisotopic (exact) mass is 389 g/mol. The van der Waals surface area contributed by atoms with E-state index in [2.05, 4.69) is 15.3 Å². The standard InChI is InChI=1S/C19H24ClN5O2/c1-14-11-17(22-23(14)2)19(27)21-12-18(26)25-9-7-24(8-10-25)13-15-5-3-4-6-16(15)20/h3-6,11H,7-10,12-13H2,1-2H3,(H,21,27). The Morgan fingerprint density at radius 3 is 2.52 bits per heavy atom. The van der Waals surface area contributed by atoms with E-state index in [1.54, 1.807) is 22.7 Å². The lowest BCUT2D eigenvalue weighted by Crippen LogP contribution is -2.50. The zero-order chi connectivity index (χ0) is 19.4. The Morgan fingerprint density at radius 2 is 1.89 bits per heavy atom. The summed E-state index contributed by atoms with van der Waals surface area (Å²) >= 11 is 6.22. The average molecular weight is 390 g/mol. The molecule has 2 heterocycles. The first-order valence-electron chi connectivity index (χ1n) is 8.96. The number of hydrogen-bond donors (Lipinski definition) is 1. The first kappa shape index (κ1) is 19.4. The zero-order valence-electron chi connectivity index (χ0n) is 15.6. The Bertz CT molecular complexity index is 808. The van der Waals surface area contributed by atoms with Gasteiger partial charge in [0.15, 0.2) is 0 Å². The summed E-state index contributed by atoms with van der Waals surface area (Å²) in [6, 6.07) is 9.51. The Hall–Kier alpha value is -2.38. The molecule has 0 radical (unpaired) electrons. The molecule has 2 aromatic rings. The molecule has 144 valence electrons. The van der Waals surface area contributed by atoms with Crippen LogP contribution >= 0.6 is 11.6 Å². The molecule has 7 nitrogen and oxygen atoms in total. The number of benzene rings is 1. The number of carbonyl (C=O) groups is 2. The van der Waals surface area contributed by atoms with Crippen molar-refractivity contribution < 1.29 is 9.59 Å². The number of aryl methyl sites for hydroxylation is 2. The molecule has 1 saturated heterocycles. The van der Waals surface area contributed by atoms with Crippen LogP contribution in [-0.2, 0) is 18.4 Å². The van der Waals surface area contributed by atoms with Gasteiger partial charge in [-0.05, 0) is 24.6 Å². The Kier molecular flexibility index (Phi) is 6.13. The Labute approximate surface area is 163 Å². The van der Waals surface area contributed by atoms with Crippen LogP contribution in [0.1, 0.15) is 21.7 Å². The number of carbonyl (C=O) groups excluding carboxylic acids is 2. The Morgan fingerprint density at radius 1 is 1.19 bits per heavy atom. The van der Waals surface area contributed by atoms with Gasteiger partial charge in [-0.2, -0.15) is 5.10 Å². The summed E-state index contributed by atoms with van der Waals surface area (Å²) < 4.78 is 1.63. The third kappa shape index (κ3) is 4.87. The van der Waals surface area contributed by atoms with Crippen LogP contribution in [0.25, 0.3) is 0 Å². The molecular weight excluding hydrogens is 366 g/mol. The van der Waals surface area contributed by atoms with Crippen LogP contribution < -0.4 is 5.32 Å². The van der Waals surface area contributed by atoms with Crippen molar-refractivity contribution in [1.82, 2.24) is 24.9 Å². The summed E-state index contributed by atoms with van der Waals surface area (Å²) in [6.07, 6.45) is 0. The van der Waals surface area contributed by atoms with Gasteiger partial charge in [0, 0.05) is 50.5 Å². The number of aromatic nitrogens is 2. The fourth-order valence-electron chi connectivity index (χ4n) is 3.05. The highest BCUT2D eigenvalue weighted by Gasteiger charge is 2.22. The minimum absolute atomic E-state index is 0.0149. The number of hydrogen-bond acceptors (Lipinski definition) is 4. The molecule has 1 aromatic heterocycles. The molecule has 8 heteroatoms. The molecule has 0 aliphatic carbocycles. The summed E-state index contributed by atoms with van der Waals surface area (Å²) in [6.45, 7) is 5.48. The van der Waals surface area contributed by atoms with Gasteiger partial charge in [-0.15, -0.1) is 0 Å². The fourth-order valence-corrected chi connectivity index (χ4v) is 3.25. The molecule has 1 aromatic carbocycles. The number of nitrogens with zero attached hydrogens (tertiary/aromatic N) is 4. The van der Waals surface area contributed by atoms with E-state index in [4.69, 9.17) is 11.6 Å². The van der Waals surface area contributed by atoms with Crippen LogP contribution in [0.15, 0.2) is 30.3 Å². The van der Waals surface area contributed by atoms with Crippen molar-refractivity contribution in [3.63, 3.8) is 0 Å². The summed E-state index contributed by atoms with van der Waals surface area (Å²) in [4.78, 5) is 28.5. The topological polar surface area (TPSA) is 70.5 Å². The van der Waals surface area contributed by atoms with E-state index in [9.17, 15) is 9.59 Å². The van der Waals surface area contributed by atoms with Crippen molar-refractivity contribution in [2.24, 2.45) is 7.05 Å². The van der Waals surface area contributed by atoms with E-state index in [1.165, 1.54) is 0 Å². The smallest absolute Gasteiger partial charge is 0.272 e. The maximum atomic E-state index is 12.4. The number of piperazine rings is 1. The molecule has 0 atom stereocenters. The molecule has 27 heavy (non-hydrogen) atoms. The van der Waals surface area contributed by atoms with Gasteiger partial charge in [-0.1, -0.05) is 29.8 Å². The number of halogens is 1. The summed E-state index contributed by atoms with van der Waals surface area (Å²) in [7, 11) is 1.78. The number of rotatable bonds is 5. The van der Waals surface area contributed by atoms with Gasteiger partial charge >= 0.3 is 0 Å². The molecule has 0 spiro atoms. The minimum Gasteiger partial charge on any atom is -0.342 e. The van der Waals surface area contributed by atoms with E-state index in [0.717, 1.165) is 35.9 Å². The Balaban J connectivity index is 1.44. The van der Waals surface area contributed by atoms with Crippen molar-refractivity contribution >= 4 is 23.4 Å². The second-order valence-corrected chi connectivity index (χ2v) is 7.13. The van der Waals surface area contributed by atoms with Crippen LogP contribution in [0.5, 0.6) is 0 Å². The maximum absolute atomic E-state index is 12.4. The molecule has 1 N–H and O–H groups in total.